The highest BCUT2D eigenvalue weighted by Gasteiger charge is 2.44. The maximum Gasteiger partial charge on any atom is 0.433 e. The van der Waals surface area contributed by atoms with E-state index in [0.29, 0.717) is 5.56 Å². The second-order valence-corrected chi connectivity index (χ2v) is 4.53. The molecule has 1 aliphatic rings. The summed E-state index contributed by atoms with van der Waals surface area (Å²) in [6.07, 6.45) is -1.79. The molecule has 2 aromatic rings. The van der Waals surface area contributed by atoms with Gasteiger partial charge in [0.05, 0.1) is 17.2 Å². The van der Waals surface area contributed by atoms with Crippen molar-refractivity contribution in [3.05, 3.63) is 52.8 Å². The molecule has 3 rings (SSSR count). The summed E-state index contributed by atoms with van der Waals surface area (Å²) in [6, 6.07) is 4.86. The molecular weight excluding hydrogens is 299 g/mol. The van der Waals surface area contributed by atoms with Gasteiger partial charge in [-0.05, 0) is 11.6 Å². The fraction of sp³-hybridized carbons (Fsp3) is 0.154. The van der Waals surface area contributed by atoms with Crippen molar-refractivity contribution in [2.75, 3.05) is 0 Å². The van der Waals surface area contributed by atoms with Gasteiger partial charge in [-0.1, -0.05) is 6.07 Å². The van der Waals surface area contributed by atoms with E-state index in [1.165, 1.54) is 12.4 Å². The molecule has 22 heavy (non-hydrogen) atoms. The molecule has 0 unspecified atom stereocenters. The van der Waals surface area contributed by atoms with E-state index < -0.39 is 17.8 Å². The summed E-state index contributed by atoms with van der Waals surface area (Å²) in [4.78, 5) is 3.88. The van der Waals surface area contributed by atoms with Crippen LogP contribution in [0.3, 0.4) is 0 Å². The second kappa shape index (κ2) is 4.77. The summed E-state index contributed by atoms with van der Waals surface area (Å²) < 4.78 is 44.5. The maximum atomic E-state index is 13.1. The molecule has 6 nitrogen and oxygen atoms in total. The average Bonchev–Trinajstić information content (AvgIpc) is 2.91. The van der Waals surface area contributed by atoms with Crippen LogP contribution in [-0.2, 0) is 6.18 Å². The number of hydrogen-bond acceptors (Lipinski definition) is 5. The number of allylic oxidation sites excluding steroid dienone is 2. The molecule has 2 aromatic heterocycles. The zero-order valence-electron chi connectivity index (χ0n) is 10.8. The third-order valence-electron chi connectivity index (χ3n) is 3.23. The van der Waals surface area contributed by atoms with Crippen molar-refractivity contribution < 1.29 is 17.9 Å². The zero-order valence-corrected chi connectivity index (χ0v) is 10.8. The van der Waals surface area contributed by atoms with Crippen molar-refractivity contribution in [1.29, 1.82) is 5.26 Å². The van der Waals surface area contributed by atoms with E-state index in [9.17, 15) is 13.2 Å². The minimum absolute atomic E-state index is 0.116. The van der Waals surface area contributed by atoms with Crippen molar-refractivity contribution in [2.24, 2.45) is 5.73 Å². The van der Waals surface area contributed by atoms with Crippen LogP contribution in [0.15, 0.2) is 36.0 Å². The lowest BCUT2D eigenvalue weighted by molar-refractivity contribution is -0.141. The van der Waals surface area contributed by atoms with E-state index in [-0.39, 0.29) is 22.9 Å². The lowest BCUT2D eigenvalue weighted by Gasteiger charge is -2.24. The van der Waals surface area contributed by atoms with Crippen molar-refractivity contribution >= 4 is 0 Å². The van der Waals surface area contributed by atoms with Crippen LogP contribution in [0.1, 0.15) is 22.7 Å². The van der Waals surface area contributed by atoms with Gasteiger partial charge in [0.15, 0.2) is 0 Å². The van der Waals surface area contributed by atoms with Gasteiger partial charge < -0.3 is 10.5 Å². The number of nitrogens with two attached hydrogens (primary N) is 1. The molecule has 0 fully saturated rings. The van der Waals surface area contributed by atoms with E-state index in [4.69, 9.17) is 15.7 Å². The first kappa shape index (κ1) is 13.9. The van der Waals surface area contributed by atoms with Gasteiger partial charge in [0.1, 0.15) is 11.8 Å². The normalized spacial score (nSPS) is 17.6. The molecule has 0 amide bonds. The number of rotatable bonds is 1. The van der Waals surface area contributed by atoms with E-state index in [0.717, 1.165) is 0 Å². The summed E-state index contributed by atoms with van der Waals surface area (Å²) in [5.41, 5.74) is 4.83. The minimum Gasteiger partial charge on any atom is -0.424 e. The Balaban J connectivity index is 2.26. The number of nitriles is 1. The minimum atomic E-state index is -4.66. The van der Waals surface area contributed by atoms with Crippen LogP contribution in [-0.4, -0.2) is 15.2 Å². The van der Waals surface area contributed by atoms with Gasteiger partial charge in [0, 0.05) is 12.4 Å². The Morgan fingerprint density at radius 2 is 2.18 bits per heavy atom. The van der Waals surface area contributed by atoms with Crippen LogP contribution in [0.4, 0.5) is 13.2 Å². The lowest BCUT2D eigenvalue weighted by atomic mass is 9.87. The molecule has 0 saturated carbocycles. The van der Waals surface area contributed by atoms with Gasteiger partial charge in [-0.2, -0.15) is 18.4 Å². The summed E-state index contributed by atoms with van der Waals surface area (Å²) in [5.74, 6) is -1.60. The molecule has 0 spiro atoms. The number of halogens is 3. The number of fused-ring (bicyclic) bond motifs is 1. The zero-order chi connectivity index (χ0) is 15.9. The van der Waals surface area contributed by atoms with Gasteiger partial charge in [0.25, 0.3) is 0 Å². The van der Waals surface area contributed by atoms with Crippen molar-refractivity contribution in [3.63, 3.8) is 0 Å². The number of aromatic nitrogens is 3. The monoisotopic (exact) mass is 307 g/mol. The molecule has 3 N–H and O–H groups in total. The van der Waals surface area contributed by atoms with Crippen LogP contribution in [0.2, 0.25) is 0 Å². The molecule has 0 bridgehead atoms. The fourth-order valence-electron chi connectivity index (χ4n) is 2.32. The first-order valence-electron chi connectivity index (χ1n) is 6.06. The van der Waals surface area contributed by atoms with Gasteiger partial charge in [-0.3, -0.25) is 10.1 Å². The van der Waals surface area contributed by atoms with Gasteiger partial charge in [-0.25, -0.2) is 0 Å². The van der Waals surface area contributed by atoms with Crippen LogP contribution in [0.5, 0.6) is 5.88 Å². The summed E-state index contributed by atoms with van der Waals surface area (Å²) in [6.45, 7) is 0. The summed E-state index contributed by atoms with van der Waals surface area (Å²) >= 11 is 0. The van der Waals surface area contributed by atoms with Gasteiger partial charge >= 0.3 is 6.18 Å². The van der Waals surface area contributed by atoms with Crippen LogP contribution < -0.4 is 10.5 Å². The Labute approximate surface area is 122 Å². The number of hydrogen-bond donors (Lipinski definition) is 2. The Morgan fingerprint density at radius 1 is 1.41 bits per heavy atom. The first-order valence-corrected chi connectivity index (χ1v) is 6.06. The SMILES string of the molecule is N#CC1=C(N)[C@H](c2cccnc2)c2c(n[nH]c2C(F)(F)F)O1. The molecule has 9 heteroatoms. The van der Waals surface area contributed by atoms with Crippen molar-refractivity contribution in [3.8, 4) is 11.9 Å². The highest BCUT2D eigenvalue weighted by Crippen LogP contribution is 2.45. The highest BCUT2D eigenvalue weighted by atomic mass is 19.4. The predicted molar refractivity (Wildman–Crippen MR) is 67.1 cm³/mol. The quantitative estimate of drug-likeness (QED) is 0.839. The molecule has 0 radical (unpaired) electrons. The number of aromatic amines is 1. The van der Waals surface area contributed by atoms with Gasteiger partial charge in [-0.15, -0.1) is 5.10 Å². The Kier molecular flexibility index (Phi) is 3.02. The summed E-state index contributed by atoms with van der Waals surface area (Å²) in [5, 5.41) is 14.4. The third-order valence-corrected chi connectivity index (χ3v) is 3.23. The predicted octanol–water partition coefficient (Wildman–Crippen LogP) is 2.04. The molecule has 112 valence electrons. The van der Waals surface area contributed by atoms with Crippen LogP contribution in [0, 0.1) is 11.3 Å². The Morgan fingerprint density at radius 3 is 2.77 bits per heavy atom. The third kappa shape index (κ3) is 2.05. The second-order valence-electron chi connectivity index (χ2n) is 4.53. The number of pyridine rings is 1. The standard InChI is InChI=1S/C13H8F3N5O/c14-13(15,16)11-9-8(6-2-1-3-19-5-6)10(18)7(4-17)22-12(9)21-20-11/h1-3,5,8H,18H2,(H,20,21)/t8-/m1/s1. The molecule has 1 atom stereocenters. The van der Waals surface area contributed by atoms with Crippen molar-refractivity contribution in [1.82, 2.24) is 15.2 Å². The first-order chi connectivity index (χ1) is 10.4. The summed E-state index contributed by atoms with van der Waals surface area (Å²) in [7, 11) is 0. The Hall–Kier alpha value is -3.02. The largest absolute Gasteiger partial charge is 0.433 e. The van der Waals surface area contributed by atoms with E-state index in [2.05, 4.69) is 10.1 Å². The number of H-pyrrole nitrogens is 1. The Bertz CT molecular complexity index is 788. The highest BCUT2D eigenvalue weighted by molar-refractivity contribution is 5.52. The van der Waals surface area contributed by atoms with Crippen LogP contribution >= 0.6 is 0 Å². The van der Waals surface area contributed by atoms with E-state index in [1.54, 1.807) is 18.2 Å². The molecule has 3 heterocycles. The number of ether oxygens (including phenoxy) is 1. The number of nitrogens with one attached hydrogen (secondary N) is 1. The van der Waals surface area contributed by atoms with Crippen molar-refractivity contribution in [2.45, 2.75) is 12.1 Å². The maximum absolute atomic E-state index is 13.1. The smallest absolute Gasteiger partial charge is 0.424 e. The molecule has 1 aliphatic heterocycles. The number of alkyl halides is 3. The molecular formula is C13H8F3N5O. The lowest BCUT2D eigenvalue weighted by Crippen LogP contribution is -2.23. The molecule has 0 aromatic carbocycles. The number of nitrogens with zero attached hydrogens (tertiary/aromatic N) is 3. The van der Waals surface area contributed by atoms with Crippen LogP contribution in [0.25, 0.3) is 0 Å². The van der Waals surface area contributed by atoms with E-state index >= 15 is 0 Å². The molecule has 0 saturated heterocycles. The topological polar surface area (TPSA) is 101 Å². The average molecular weight is 307 g/mol. The fourth-order valence-corrected chi connectivity index (χ4v) is 2.32. The van der Waals surface area contributed by atoms with Gasteiger partial charge in [0.2, 0.25) is 11.6 Å². The van der Waals surface area contributed by atoms with E-state index in [1.807, 2.05) is 5.10 Å². The molecule has 0 aliphatic carbocycles.